The van der Waals surface area contributed by atoms with Crippen LogP contribution in [0.2, 0.25) is 0 Å². The lowest BCUT2D eigenvalue weighted by Crippen LogP contribution is -2.37. The standard InChI is InChI=1S/C17H23NO2S/c19-15(16-9-5-11-21-16)12-14-8-4-10-18(14)17(20)13-6-2-1-3-7-13/h5-6,9,11,14-15,19H,1-4,7-8,10,12H2/t14-,15+/m1/s1. The van der Waals surface area contributed by atoms with E-state index in [0.29, 0.717) is 6.42 Å². The van der Waals surface area contributed by atoms with Gasteiger partial charge in [0.25, 0.3) is 0 Å². The van der Waals surface area contributed by atoms with E-state index in [4.69, 9.17) is 0 Å². The Balaban J connectivity index is 1.65. The highest BCUT2D eigenvalue weighted by Gasteiger charge is 2.32. The van der Waals surface area contributed by atoms with E-state index < -0.39 is 6.10 Å². The van der Waals surface area contributed by atoms with Crippen LogP contribution in [0, 0.1) is 0 Å². The number of amides is 1. The average Bonchev–Trinajstić information content (AvgIpc) is 3.19. The first-order valence-corrected chi connectivity index (χ1v) is 8.85. The fraction of sp³-hybridized carbons (Fsp3) is 0.588. The van der Waals surface area contributed by atoms with Gasteiger partial charge in [-0.3, -0.25) is 4.79 Å². The number of aliphatic hydroxyl groups is 1. The van der Waals surface area contributed by atoms with Crippen molar-refractivity contribution in [3.05, 3.63) is 34.0 Å². The lowest BCUT2D eigenvalue weighted by atomic mass is 9.98. The minimum atomic E-state index is -0.441. The number of nitrogens with zero attached hydrogens (tertiary/aromatic N) is 1. The molecule has 1 aromatic rings. The average molecular weight is 305 g/mol. The molecule has 114 valence electrons. The van der Waals surface area contributed by atoms with Gasteiger partial charge in [-0.05, 0) is 56.4 Å². The largest absolute Gasteiger partial charge is 0.387 e. The number of carbonyl (C=O) groups excluding carboxylic acids is 1. The van der Waals surface area contributed by atoms with E-state index in [1.165, 1.54) is 6.42 Å². The van der Waals surface area contributed by atoms with E-state index in [2.05, 4.69) is 6.08 Å². The van der Waals surface area contributed by atoms with Crippen molar-refractivity contribution >= 4 is 17.2 Å². The molecule has 1 saturated heterocycles. The van der Waals surface area contributed by atoms with E-state index in [0.717, 1.165) is 49.1 Å². The molecule has 0 radical (unpaired) electrons. The summed E-state index contributed by atoms with van der Waals surface area (Å²) in [7, 11) is 0. The van der Waals surface area contributed by atoms with Crippen LogP contribution in [0.25, 0.3) is 0 Å². The fourth-order valence-electron chi connectivity index (χ4n) is 3.42. The van der Waals surface area contributed by atoms with Crippen molar-refractivity contribution in [2.24, 2.45) is 0 Å². The summed E-state index contributed by atoms with van der Waals surface area (Å²) in [5.41, 5.74) is 0.999. The van der Waals surface area contributed by atoms with E-state index >= 15 is 0 Å². The summed E-state index contributed by atoms with van der Waals surface area (Å²) in [5, 5.41) is 12.3. The van der Waals surface area contributed by atoms with E-state index in [1.54, 1.807) is 11.3 Å². The zero-order valence-corrected chi connectivity index (χ0v) is 13.1. The number of carbonyl (C=O) groups is 1. The number of allylic oxidation sites excluding steroid dienone is 1. The summed E-state index contributed by atoms with van der Waals surface area (Å²) in [6, 6.07) is 4.13. The molecule has 0 aromatic carbocycles. The molecule has 0 unspecified atom stereocenters. The SMILES string of the molecule is O=C(C1=CCCCC1)N1CCC[C@@H]1C[C@H](O)c1cccs1. The van der Waals surface area contributed by atoms with Gasteiger partial charge in [0.15, 0.2) is 0 Å². The molecular formula is C17H23NO2S. The molecule has 2 heterocycles. The van der Waals surface area contributed by atoms with Crippen molar-refractivity contribution in [2.45, 2.75) is 57.1 Å². The third-order valence-corrected chi connectivity index (χ3v) is 5.54. The Hall–Kier alpha value is -1.13. The van der Waals surface area contributed by atoms with Crippen LogP contribution in [0.5, 0.6) is 0 Å². The first kappa shape index (κ1) is 14.8. The lowest BCUT2D eigenvalue weighted by molar-refractivity contribution is -0.128. The molecule has 2 aliphatic rings. The van der Waals surface area contributed by atoms with Crippen molar-refractivity contribution in [3.63, 3.8) is 0 Å². The van der Waals surface area contributed by atoms with Gasteiger partial charge < -0.3 is 10.0 Å². The molecule has 0 spiro atoms. The number of thiophene rings is 1. The quantitative estimate of drug-likeness (QED) is 0.922. The summed E-state index contributed by atoms with van der Waals surface area (Å²) in [4.78, 5) is 15.7. The molecule has 1 aromatic heterocycles. The van der Waals surface area contributed by atoms with Crippen LogP contribution in [0.4, 0.5) is 0 Å². The summed E-state index contributed by atoms with van der Waals surface area (Å²) >= 11 is 1.59. The number of hydrogen-bond donors (Lipinski definition) is 1. The van der Waals surface area contributed by atoms with Crippen LogP contribution >= 0.6 is 11.3 Å². The van der Waals surface area contributed by atoms with Crippen LogP contribution in [-0.4, -0.2) is 28.5 Å². The summed E-state index contributed by atoms with van der Waals surface area (Å²) < 4.78 is 0. The predicted molar refractivity (Wildman–Crippen MR) is 85.2 cm³/mol. The third-order valence-electron chi connectivity index (χ3n) is 4.57. The maximum atomic E-state index is 12.7. The Morgan fingerprint density at radius 3 is 3.05 bits per heavy atom. The Morgan fingerprint density at radius 1 is 1.43 bits per heavy atom. The molecule has 2 atom stereocenters. The van der Waals surface area contributed by atoms with Crippen molar-refractivity contribution in [1.82, 2.24) is 4.90 Å². The van der Waals surface area contributed by atoms with Gasteiger partial charge in [-0.1, -0.05) is 12.1 Å². The first-order valence-electron chi connectivity index (χ1n) is 7.97. The molecule has 3 nitrogen and oxygen atoms in total. The second kappa shape index (κ2) is 6.75. The molecule has 1 aliphatic carbocycles. The van der Waals surface area contributed by atoms with Crippen LogP contribution in [0.3, 0.4) is 0 Å². The van der Waals surface area contributed by atoms with Crippen LogP contribution in [0.15, 0.2) is 29.2 Å². The third kappa shape index (κ3) is 3.38. The minimum absolute atomic E-state index is 0.192. The van der Waals surface area contributed by atoms with Crippen molar-refractivity contribution in [3.8, 4) is 0 Å². The van der Waals surface area contributed by atoms with Crippen LogP contribution < -0.4 is 0 Å². The minimum Gasteiger partial charge on any atom is -0.387 e. The second-order valence-electron chi connectivity index (χ2n) is 6.04. The second-order valence-corrected chi connectivity index (χ2v) is 7.02. The molecule has 0 bridgehead atoms. The van der Waals surface area contributed by atoms with Crippen molar-refractivity contribution in [1.29, 1.82) is 0 Å². The van der Waals surface area contributed by atoms with E-state index in [1.807, 2.05) is 22.4 Å². The zero-order chi connectivity index (χ0) is 14.7. The summed E-state index contributed by atoms with van der Waals surface area (Å²) in [6.07, 6.45) is 8.72. The summed E-state index contributed by atoms with van der Waals surface area (Å²) in [6.45, 7) is 0.845. The Labute approximate surface area is 130 Å². The van der Waals surface area contributed by atoms with Gasteiger partial charge in [-0.25, -0.2) is 0 Å². The predicted octanol–water partition coefficient (Wildman–Crippen LogP) is 3.66. The topological polar surface area (TPSA) is 40.5 Å². The van der Waals surface area contributed by atoms with E-state index in [-0.39, 0.29) is 11.9 Å². The molecule has 3 rings (SSSR count). The van der Waals surface area contributed by atoms with Gasteiger partial charge in [0.05, 0.1) is 6.10 Å². The molecule has 4 heteroatoms. The molecule has 1 fully saturated rings. The molecular weight excluding hydrogens is 282 g/mol. The zero-order valence-electron chi connectivity index (χ0n) is 12.3. The Kier molecular flexibility index (Phi) is 4.76. The number of aliphatic hydroxyl groups excluding tert-OH is 1. The molecule has 1 N–H and O–H groups in total. The fourth-order valence-corrected chi connectivity index (χ4v) is 4.14. The summed E-state index contributed by atoms with van der Waals surface area (Å²) in [5.74, 6) is 0.218. The van der Waals surface area contributed by atoms with Gasteiger partial charge >= 0.3 is 0 Å². The number of hydrogen-bond acceptors (Lipinski definition) is 3. The highest BCUT2D eigenvalue weighted by molar-refractivity contribution is 7.10. The van der Waals surface area contributed by atoms with Crippen molar-refractivity contribution in [2.75, 3.05) is 6.54 Å². The Morgan fingerprint density at radius 2 is 2.33 bits per heavy atom. The molecule has 21 heavy (non-hydrogen) atoms. The Bertz CT molecular complexity index is 509. The van der Waals surface area contributed by atoms with E-state index in [9.17, 15) is 9.90 Å². The lowest BCUT2D eigenvalue weighted by Gasteiger charge is -2.28. The van der Waals surface area contributed by atoms with Gasteiger partial charge in [-0.2, -0.15) is 0 Å². The highest BCUT2D eigenvalue weighted by Crippen LogP contribution is 2.31. The van der Waals surface area contributed by atoms with Crippen LogP contribution in [-0.2, 0) is 4.79 Å². The van der Waals surface area contributed by atoms with Gasteiger partial charge in [-0.15, -0.1) is 11.3 Å². The number of rotatable bonds is 4. The van der Waals surface area contributed by atoms with Crippen molar-refractivity contribution < 1.29 is 9.90 Å². The van der Waals surface area contributed by atoms with Gasteiger partial charge in [0.1, 0.15) is 0 Å². The van der Waals surface area contributed by atoms with Crippen LogP contribution in [0.1, 0.15) is 55.9 Å². The molecule has 0 saturated carbocycles. The highest BCUT2D eigenvalue weighted by atomic mass is 32.1. The smallest absolute Gasteiger partial charge is 0.249 e. The van der Waals surface area contributed by atoms with Gasteiger partial charge in [0.2, 0.25) is 5.91 Å². The number of likely N-dealkylation sites (tertiary alicyclic amines) is 1. The molecule has 1 amide bonds. The maximum Gasteiger partial charge on any atom is 0.249 e. The monoisotopic (exact) mass is 305 g/mol. The first-order chi connectivity index (χ1) is 10.3. The normalized spacial score (nSPS) is 24.0. The maximum absolute atomic E-state index is 12.7. The van der Waals surface area contributed by atoms with Gasteiger partial charge in [0, 0.05) is 23.0 Å². The molecule has 1 aliphatic heterocycles.